The fourth-order valence-electron chi connectivity index (χ4n) is 2.15. The molecule has 8 nitrogen and oxygen atoms in total. The Morgan fingerprint density at radius 2 is 2.33 bits per heavy atom. The van der Waals surface area contributed by atoms with Gasteiger partial charge < -0.3 is 0 Å². The molecule has 2 unspecified atom stereocenters. The number of carbonyl (C=O) groups is 1. The van der Waals surface area contributed by atoms with Gasteiger partial charge in [0.1, 0.15) is 0 Å². The average molecular weight is 361 g/mol. The van der Waals surface area contributed by atoms with Crippen molar-refractivity contribution in [3.05, 3.63) is 22.1 Å². The number of rotatable bonds is 6. The molecule has 0 bridgehead atoms. The molecule has 0 aliphatic carbocycles. The van der Waals surface area contributed by atoms with Crippen LogP contribution in [0.2, 0.25) is 0 Å². The summed E-state index contributed by atoms with van der Waals surface area (Å²) in [4.78, 5) is 26.1. The van der Waals surface area contributed by atoms with E-state index in [0.29, 0.717) is 16.7 Å². The first kappa shape index (κ1) is 16.1. The third kappa shape index (κ3) is 4.12. The second-order valence-corrected chi connectivity index (χ2v) is 5.50. The van der Waals surface area contributed by atoms with Crippen molar-refractivity contribution in [3.63, 3.8) is 0 Å². The second-order valence-electron chi connectivity index (χ2n) is 4.73. The van der Waals surface area contributed by atoms with Gasteiger partial charge >= 0.3 is 128 Å². The van der Waals surface area contributed by atoms with Crippen LogP contribution in [0.15, 0.2) is 11.0 Å². The molecule has 1 aromatic rings. The SMILES string of the molecule is O=C(O)CNCc1cn(C2CCC(CO)O2)c([Se])nc1=O. The zero-order valence-electron chi connectivity index (χ0n) is 11.2. The number of aromatic nitrogens is 2. The Hall–Kier alpha value is -1.25. The molecule has 0 amide bonds. The number of nitrogens with zero attached hydrogens (tertiary/aromatic N) is 2. The molecular weight excluding hydrogens is 345 g/mol. The van der Waals surface area contributed by atoms with Gasteiger partial charge in [-0.1, -0.05) is 0 Å². The first-order valence-corrected chi connectivity index (χ1v) is 7.34. The van der Waals surface area contributed by atoms with Gasteiger partial charge in [0.25, 0.3) is 0 Å². The summed E-state index contributed by atoms with van der Waals surface area (Å²) in [6, 6.07) is 0. The minimum absolute atomic E-state index is 0.0418. The number of hydrogen-bond donors (Lipinski definition) is 3. The van der Waals surface area contributed by atoms with Gasteiger partial charge in [-0.05, 0) is 0 Å². The van der Waals surface area contributed by atoms with Crippen LogP contribution in [0, 0.1) is 0 Å². The number of aliphatic carboxylic acids is 1. The maximum absolute atomic E-state index is 11.8. The second kappa shape index (κ2) is 7.15. The molecule has 2 atom stereocenters. The van der Waals surface area contributed by atoms with E-state index in [1.807, 2.05) is 0 Å². The van der Waals surface area contributed by atoms with Crippen LogP contribution >= 0.6 is 0 Å². The number of hydrogen-bond acceptors (Lipinski definition) is 6. The van der Waals surface area contributed by atoms with Crippen molar-refractivity contribution >= 4 is 26.7 Å². The van der Waals surface area contributed by atoms with Crippen LogP contribution in [-0.4, -0.2) is 61.0 Å². The van der Waals surface area contributed by atoms with Crippen LogP contribution in [0.1, 0.15) is 24.6 Å². The Morgan fingerprint density at radius 1 is 1.57 bits per heavy atom. The van der Waals surface area contributed by atoms with Gasteiger partial charge in [-0.2, -0.15) is 0 Å². The third-order valence-corrected chi connectivity index (χ3v) is 3.81. The summed E-state index contributed by atoms with van der Waals surface area (Å²) < 4.78 is 7.76. The zero-order valence-corrected chi connectivity index (χ0v) is 12.9. The predicted molar refractivity (Wildman–Crippen MR) is 73.5 cm³/mol. The molecular formula is C12H16N3O5Se. The van der Waals surface area contributed by atoms with E-state index in [1.54, 1.807) is 10.8 Å². The van der Waals surface area contributed by atoms with Crippen LogP contribution in [0.4, 0.5) is 0 Å². The van der Waals surface area contributed by atoms with Crippen molar-refractivity contribution in [2.75, 3.05) is 13.2 Å². The van der Waals surface area contributed by atoms with Crippen LogP contribution in [-0.2, 0) is 16.1 Å². The summed E-state index contributed by atoms with van der Waals surface area (Å²) in [5, 5.41) is 20.3. The number of ether oxygens (including phenoxy) is 1. The molecule has 21 heavy (non-hydrogen) atoms. The third-order valence-electron chi connectivity index (χ3n) is 3.18. The van der Waals surface area contributed by atoms with Gasteiger partial charge in [0.05, 0.1) is 0 Å². The van der Waals surface area contributed by atoms with Crippen LogP contribution in [0.25, 0.3) is 0 Å². The summed E-state index contributed by atoms with van der Waals surface area (Å²) in [6.07, 6.45) is 2.57. The van der Waals surface area contributed by atoms with Gasteiger partial charge in [-0.25, -0.2) is 0 Å². The van der Waals surface area contributed by atoms with Crippen molar-refractivity contribution in [1.82, 2.24) is 14.9 Å². The number of aliphatic hydroxyl groups is 1. The molecule has 0 saturated carbocycles. The molecule has 1 aromatic heterocycles. The van der Waals surface area contributed by atoms with E-state index >= 15 is 0 Å². The van der Waals surface area contributed by atoms with Crippen LogP contribution in [0.5, 0.6) is 0 Å². The number of nitrogens with one attached hydrogen (secondary N) is 1. The monoisotopic (exact) mass is 362 g/mol. The molecule has 0 aromatic carbocycles. The fraction of sp³-hybridized carbons (Fsp3) is 0.583. The molecule has 1 fully saturated rings. The molecule has 1 aliphatic rings. The molecule has 1 aliphatic heterocycles. The van der Waals surface area contributed by atoms with E-state index in [-0.39, 0.29) is 32.0 Å². The Kier molecular flexibility index (Phi) is 5.49. The van der Waals surface area contributed by atoms with E-state index in [2.05, 4.69) is 26.3 Å². The number of carboxylic acids is 1. The summed E-state index contributed by atoms with van der Waals surface area (Å²) in [5.41, 5.74) is -0.0408. The molecule has 9 heteroatoms. The van der Waals surface area contributed by atoms with Crippen molar-refractivity contribution in [3.8, 4) is 0 Å². The summed E-state index contributed by atoms with van der Waals surface area (Å²) in [5.74, 6) is -0.992. The molecule has 0 spiro atoms. The van der Waals surface area contributed by atoms with E-state index in [1.165, 1.54) is 0 Å². The standard InChI is InChI=1S/C12H16N3O5Se/c16-6-8-1-2-9(20-8)15-5-7(3-13-4-10(17)18)11(19)14-12(15)21/h5,8-9,13,16H,1-4,6H2,(H,17,18). The van der Waals surface area contributed by atoms with Gasteiger partial charge in [0.2, 0.25) is 0 Å². The summed E-state index contributed by atoms with van der Waals surface area (Å²) >= 11 is 2.72. The predicted octanol–water partition coefficient (Wildman–Crippen LogP) is -2.12. The minimum atomic E-state index is -0.992. The summed E-state index contributed by atoms with van der Waals surface area (Å²) in [6.45, 7) is -0.152. The quantitative estimate of drug-likeness (QED) is 0.497. The van der Waals surface area contributed by atoms with Crippen molar-refractivity contribution in [2.24, 2.45) is 0 Å². The first-order chi connectivity index (χ1) is 10.0. The van der Waals surface area contributed by atoms with Crippen LogP contribution < -0.4 is 15.6 Å². The van der Waals surface area contributed by atoms with Crippen LogP contribution in [0.3, 0.4) is 0 Å². The topological polar surface area (TPSA) is 114 Å². The van der Waals surface area contributed by atoms with E-state index in [0.717, 1.165) is 6.42 Å². The van der Waals surface area contributed by atoms with Gasteiger partial charge in [-0.3, -0.25) is 0 Å². The molecule has 115 valence electrons. The Balaban J connectivity index is 2.14. The van der Waals surface area contributed by atoms with E-state index in [4.69, 9.17) is 14.9 Å². The molecule has 3 N–H and O–H groups in total. The van der Waals surface area contributed by atoms with E-state index in [9.17, 15) is 9.59 Å². The van der Waals surface area contributed by atoms with Gasteiger partial charge in [0, 0.05) is 0 Å². The first-order valence-electron chi connectivity index (χ1n) is 6.49. The maximum atomic E-state index is 11.8. The summed E-state index contributed by atoms with van der Waals surface area (Å²) in [7, 11) is 0. The molecule has 1 saturated heterocycles. The van der Waals surface area contributed by atoms with Crippen molar-refractivity contribution in [1.29, 1.82) is 0 Å². The number of aliphatic hydroxyl groups excluding tert-OH is 1. The fourth-order valence-corrected chi connectivity index (χ4v) is 2.68. The van der Waals surface area contributed by atoms with E-state index < -0.39 is 11.5 Å². The average Bonchev–Trinajstić information content (AvgIpc) is 2.89. The Morgan fingerprint density at radius 3 is 2.95 bits per heavy atom. The van der Waals surface area contributed by atoms with Gasteiger partial charge in [0.15, 0.2) is 0 Å². The Labute approximate surface area is 129 Å². The van der Waals surface area contributed by atoms with Crippen molar-refractivity contribution in [2.45, 2.75) is 31.7 Å². The molecule has 2 heterocycles. The normalized spacial score (nSPS) is 21.6. The zero-order chi connectivity index (χ0) is 15.4. The number of carboxylic acid groups (broad SMARTS) is 1. The molecule has 2 rings (SSSR count). The Bertz CT molecular complexity index is 577. The van der Waals surface area contributed by atoms with Crippen molar-refractivity contribution < 1.29 is 19.7 Å². The van der Waals surface area contributed by atoms with Gasteiger partial charge in [-0.15, -0.1) is 0 Å². The molecule has 1 radical (unpaired) electrons.